The van der Waals surface area contributed by atoms with E-state index in [-0.39, 0.29) is 12.1 Å². The zero-order chi connectivity index (χ0) is 15.5. The van der Waals surface area contributed by atoms with Gasteiger partial charge in [0.05, 0.1) is 24.3 Å². The van der Waals surface area contributed by atoms with Crippen LogP contribution in [0.5, 0.6) is 0 Å². The second-order valence-corrected chi connectivity index (χ2v) is 6.24. The lowest BCUT2D eigenvalue weighted by Gasteiger charge is -2.32. The quantitative estimate of drug-likeness (QED) is 0.912. The van der Waals surface area contributed by atoms with Crippen LogP contribution < -0.4 is 5.32 Å². The fourth-order valence-corrected chi connectivity index (χ4v) is 3.46. The molecule has 0 aromatic heterocycles. The summed E-state index contributed by atoms with van der Waals surface area (Å²) in [6, 6.07) is 3.89. The molecule has 2 unspecified atom stereocenters. The zero-order valence-electron chi connectivity index (χ0n) is 12.2. The first-order valence-corrected chi connectivity index (χ1v) is 8.19. The summed E-state index contributed by atoms with van der Waals surface area (Å²) in [6.45, 7) is 5.15. The second kappa shape index (κ2) is 7.03. The van der Waals surface area contributed by atoms with E-state index in [1.54, 1.807) is 13.0 Å². The Balaban J connectivity index is 2.27. The van der Waals surface area contributed by atoms with E-state index >= 15 is 0 Å². The smallest absolute Gasteiger partial charge is 0.375 e. The number of halogens is 3. The summed E-state index contributed by atoms with van der Waals surface area (Å²) >= 11 is 1.82. The molecule has 1 aromatic rings. The van der Waals surface area contributed by atoms with Crippen molar-refractivity contribution in [1.29, 1.82) is 0 Å². The predicted octanol–water partition coefficient (Wildman–Crippen LogP) is 3.80. The third-order valence-corrected chi connectivity index (χ3v) is 4.59. The van der Waals surface area contributed by atoms with Gasteiger partial charge in [-0.3, -0.25) is 0 Å². The van der Waals surface area contributed by atoms with Crippen molar-refractivity contribution in [3.63, 3.8) is 0 Å². The Morgan fingerprint density at radius 2 is 2.19 bits per heavy atom. The molecule has 0 spiro atoms. The van der Waals surface area contributed by atoms with Crippen LogP contribution in [-0.4, -0.2) is 30.8 Å². The number of ether oxygens (including phenoxy) is 1. The Morgan fingerprint density at radius 3 is 2.71 bits per heavy atom. The topological polar surface area (TPSA) is 21.3 Å². The van der Waals surface area contributed by atoms with Crippen molar-refractivity contribution in [2.75, 3.05) is 24.7 Å². The molecular formula is C15H20F3NOS. The molecule has 118 valence electrons. The van der Waals surface area contributed by atoms with E-state index in [1.165, 1.54) is 6.07 Å². The average Bonchev–Trinajstić information content (AvgIpc) is 2.45. The van der Waals surface area contributed by atoms with Gasteiger partial charge in [-0.1, -0.05) is 13.0 Å². The molecular weight excluding hydrogens is 299 g/mol. The van der Waals surface area contributed by atoms with Crippen molar-refractivity contribution < 1.29 is 17.9 Å². The van der Waals surface area contributed by atoms with Gasteiger partial charge in [0.2, 0.25) is 0 Å². The second-order valence-electron chi connectivity index (χ2n) is 5.09. The highest BCUT2D eigenvalue weighted by Gasteiger charge is 2.32. The van der Waals surface area contributed by atoms with E-state index in [1.807, 2.05) is 18.7 Å². The molecule has 0 saturated carbocycles. The molecule has 0 radical (unpaired) electrons. The normalized spacial score (nSPS) is 21.3. The SMILES string of the molecule is CCNC(c1ccc(C(F)(F)F)cc1C)C1CSCCO1. The minimum atomic E-state index is -4.30. The summed E-state index contributed by atoms with van der Waals surface area (Å²) in [7, 11) is 0. The fraction of sp³-hybridized carbons (Fsp3) is 0.600. The Kier molecular flexibility index (Phi) is 5.57. The molecule has 2 atom stereocenters. The molecule has 1 N–H and O–H groups in total. The van der Waals surface area contributed by atoms with Gasteiger partial charge in [-0.25, -0.2) is 0 Å². The summed E-state index contributed by atoms with van der Waals surface area (Å²) < 4.78 is 44.1. The first-order valence-electron chi connectivity index (χ1n) is 7.04. The molecule has 1 aromatic carbocycles. The molecule has 1 aliphatic heterocycles. The van der Waals surface area contributed by atoms with E-state index < -0.39 is 11.7 Å². The highest BCUT2D eigenvalue weighted by atomic mass is 32.2. The molecule has 2 nitrogen and oxygen atoms in total. The van der Waals surface area contributed by atoms with Gasteiger partial charge in [0.15, 0.2) is 0 Å². The summed E-state index contributed by atoms with van der Waals surface area (Å²) in [5.41, 5.74) is 0.935. The number of hydrogen-bond donors (Lipinski definition) is 1. The van der Waals surface area contributed by atoms with Gasteiger partial charge in [0.1, 0.15) is 0 Å². The van der Waals surface area contributed by atoms with Crippen LogP contribution in [-0.2, 0) is 10.9 Å². The lowest BCUT2D eigenvalue weighted by atomic mass is 9.95. The standard InChI is InChI=1S/C15H20F3NOS/c1-3-19-14(13-9-21-7-6-20-13)12-5-4-11(8-10(12)2)15(16,17)18/h4-5,8,13-14,19H,3,6-7,9H2,1-2H3. The van der Waals surface area contributed by atoms with Gasteiger partial charge in [-0.15, -0.1) is 0 Å². The Labute approximate surface area is 127 Å². The molecule has 1 aliphatic rings. The number of likely N-dealkylation sites (N-methyl/N-ethyl adjacent to an activating group) is 1. The van der Waals surface area contributed by atoms with Crippen molar-refractivity contribution in [2.45, 2.75) is 32.2 Å². The van der Waals surface area contributed by atoms with Gasteiger partial charge >= 0.3 is 6.18 Å². The number of aryl methyl sites for hydroxylation is 1. The minimum Gasteiger partial charge on any atom is -0.375 e. The van der Waals surface area contributed by atoms with Crippen LogP contribution in [0.15, 0.2) is 18.2 Å². The van der Waals surface area contributed by atoms with Gasteiger partial charge in [0.25, 0.3) is 0 Å². The Morgan fingerprint density at radius 1 is 1.43 bits per heavy atom. The van der Waals surface area contributed by atoms with Crippen LogP contribution in [0.2, 0.25) is 0 Å². The molecule has 21 heavy (non-hydrogen) atoms. The molecule has 0 bridgehead atoms. The third kappa shape index (κ3) is 4.14. The number of hydrogen-bond acceptors (Lipinski definition) is 3. The predicted molar refractivity (Wildman–Crippen MR) is 79.7 cm³/mol. The maximum absolute atomic E-state index is 12.8. The van der Waals surface area contributed by atoms with Crippen molar-refractivity contribution in [3.8, 4) is 0 Å². The first-order chi connectivity index (χ1) is 9.93. The maximum atomic E-state index is 12.8. The average molecular weight is 319 g/mol. The molecule has 6 heteroatoms. The lowest BCUT2D eigenvalue weighted by Crippen LogP contribution is -2.38. The van der Waals surface area contributed by atoms with E-state index in [0.717, 1.165) is 29.7 Å². The maximum Gasteiger partial charge on any atom is 0.416 e. The first kappa shape index (κ1) is 16.6. The molecule has 1 fully saturated rings. The Bertz CT molecular complexity index is 472. The highest BCUT2D eigenvalue weighted by Crippen LogP contribution is 2.33. The molecule has 0 aliphatic carbocycles. The van der Waals surface area contributed by atoms with Crippen LogP contribution in [0.4, 0.5) is 13.2 Å². The fourth-order valence-electron chi connectivity index (χ4n) is 2.56. The summed E-state index contributed by atoms with van der Waals surface area (Å²) in [5, 5.41) is 3.35. The number of rotatable bonds is 4. The van der Waals surface area contributed by atoms with Crippen LogP contribution >= 0.6 is 11.8 Å². The summed E-state index contributed by atoms with van der Waals surface area (Å²) in [6.07, 6.45) is -4.30. The monoisotopic (exact) mass is 319 g/mol. The van der Waals surface area contributed by atoms with Crippen molar-refractivity contribution in [1.82, 2.24) is 5.32 Å². The number of nitrogens with one attached hydrogen (secondary N) is 1. The highest BCUT2D eigenvalue weighted by molar-refractivity contribution is 7.99. The largest absolute Gasteiger partial charge is 0.416 e. The van der Waals surface area contributed by atoms with Gasteiger partial charge in [-0.2, -0.15) is 24.9 Å². The van der Waals surface area contributed by atoms with Crippen LogP contribution in [0, 0.1) is 6.92 Å². The van der Waals surface area contributed by atoms with Gasteiger partial charge in [-0.05, 0) is 36.7 Å². The molecule has 2 rings (SSSR count). The van der Waals surface area contributed by atoms with Gasteiger partial charge in [0, 0.05) is 11.5 Å². The van der Waals surface area contributed by atoms with E-state index in [4.69, 9.17) is 4.74 Å². The van der Waals surface area contributed by atoms with E-state index in [2.05, 4.69) is 5.32 Å². The molecule has 1 heterocycles. The van der Waals surface area contributed by atoms with Crippen molar-refractivity contribution in [3.05, 3.63) is 34.9 Å². The van der Waals surface area contributed by atoms with Crippen LogP contribution in [0.1, 0.15) is 29.7 Å². The minimum absolute atomic E-state index is 0.000799. The van der Waals surface area contributed by atoms with Crippen molar-refractivity contribution in [2.24, 2.45) is 0 Å². The Hall–Kier alpha value is -0.720. The lowest BCUT2D eigenvalue weighted by molar-refractivity contribution is -0.137. The molecule has 1 saturated heterocycles. The number of alkyl halides is 3. The number of thioether (sulfide) groups is 1. The molecule has 0 amide bonds. The van der Waals surface area contributed by atoms with E-state index in [9.17, 15) is 13.2 Å². The van der Waals surface area contributed by atoms with Crippen molar-refractivity contribution >= 4 is 11.8 Å². The van der Waals surface area contributed by atoms with Gasteiger partial charge < -0.3 is 10.1 Å². The summed E-state index contributed by atoms with van der Waals surface area (Å²) in [4.78, 5) is 0. The van der Waals surface area contributed by atoms with Crippen LogP contribution in [0.3, 0.4) is 0 Å². The van der Waals surface area contributed by atoms with Crippen LogP contribution in [0.25, 0.3) is 0 Å². The number of benzene rings is 1. The van der Waals surface area contributed by atoms with E-state index in [0.29, 0.717) is 12.2 Å². The zero-order valence-corrected chi connectivity index (χ0v) is 13.0. The third-order valence-electron chi connectivity index (χ3n) is 3.57. The summed E-state index contributed by atoms with van der Waals surface area (Å²) in [5.74, 6) is 1.83.